The summed E-state index contributed by atoms with van der Waals surface area (Å²) in [7, 11) is 0. The van der Waals surface area contributed by atoms with E-state index in [2.05, 4.69) is 16.0 Å². The SMILES string of the molecule is CC(C)C(C=O)NCCCCCCCC(NC(=O)O)NC(C(=O)NC(=O)O)C(C)C. The van der Waals surface area contributed by atoms with Crippen LogP contribution in [0.2, 0.25) is 0 Å². The summed E-state index contributed by atoms with van der Waals surface area (Å²) >= 11 is 0. The van der Waals surface area contributed by atoms with Gasteiger partial charge in [-0.2, -0.15) is 0 Å². The van der Waals surface area contributed by atoms with Gasteiger partial charge in [0, 0.05) is 0 Å². The van der Waals surface area contributed by atoms with Crippen molar-refractivity contribution in [2.75, 3.05) is 6.54 Å². The Morgan fingerprint density at radius 2 is 1.47 bits per heavy atom. The maximum absolute atomic E-state index is 12.0. The molecule has 6 N–H and O–H groups in total. The van der Waals surface area contributed by atoms with Crippen molar-refractivity contribution in [2.24, 2.45) is 11.8 Å². The van der Waals surface area contributed by atoms with E-state index in [4.69, 9.17) is 10.2 Å². The van der Waals surface area contributed by atoms with E-state index in [1.807, 2.05) is 19.2 Å². The third-order valence-electron chi connectivity index (χ3n) is 4.77. The molecular weight excluding hydrogens is 392 g/mol. The van der Waals surface area contributed by atoms with Crippen LogP contribution in [-0.2, 0) is 9.59 Å². The van der Waals surface area contributed by atoms with E-state index < -0.39 is 30.3 Å². The molecule has 0 fully saturated rings. The van der Waals surface area contributed by atoms with Crippen LogP contribution in [0.5, 0.6) is 0 Å². The Balaban J connectivity index is 4.34. The molecule has 10 nitrogen and oxygen atoms in total. The Kier molecular flexibility index (Phi) is 14.5. The van der Waals surface area contributed by atoms with Crippen molar-refractivity contribution in [1.82, 2.24) is 21.3 Å². The van der Waals surface area contributed by atoms with Gasteiger partial charge in [-0.15, -0.1) is 0 Å². The minimum Gasteiger partial charge on any atom is -0.465 e. The largest absolute Gasteiger partial charge is 0.465 e. The first-order valence-corrected chi connectivity index (χ1v) is 10.6. The average molecular weight is 431 g/mol. The summed E-state index contributed by atoms with van der Waals surface area (Å²) in [5.74, 6) is -0.672. The Labute approximate surface area is 178 Å². The molecule has 0 aromatic carbocycles. The molecule has 0 aromatic heterocycles. The van der Waals surface area contributed by atoms with Gasteiger partial charge in [0.15, 0.2) is 0 Å². The summed E-state index contributed by atoms with van der Waals surface area (Å²) < 4.78 is 0. The maximum Gasteiger partial charge on any atom is 0.411 e. The van der Waals surface area contributed by atoms with Crippen LogP contribution in [0.25, 0.3) is 0 Å². The summed E-state index contributed by atoms with van der Waals surface area (Å²) in [4.78, 5) is 44.8. The topological polar surface area (TPSA) is 157 Å². The number of aldehydes is 1. The smallest absolute Gasteiger partial charge is 0.411 e. The van der Waals surface area contributed by atoms with E-state index in [1.54, 1.807) is 13.8 Å². The highest BCUT2D eigenvalue weighted by Crippen LogP contribution is 2.10. The highest BCUT2D eigenvalue weighted by atomic mass is 16.4. The molecule has 10 heteroatoms. The Morgan fingerprint density at radius 3 is 1.97 bits per heavy atom. The number of amides is 3. The summed E-state index contributed by atoms with van der Waals surface area (Å²) in [5, 5.41) is 28.1. The van der Waals surface area contributed by atoms with Gasteiger partial charge in [0.2, 0.25) is 5.91 Å². The van der Waals surface area contributed by atoms with Gasteiger partial charge in [-0.05, 0) is 31.2 Å². The van der Waals surface area contributed by atoms with E-state index in [-0.39, 0.29) is 17.9 Å². The molecule has 0 spiro atoms. The first kappa shape index (κ1) is 27.8. The Bertz CT molecular complexity index is 541. The molecule has 0 saturated carbocycles. The number of hydrogen-bond donors (Lipinski definition) is 6. The second kappa shape index (κ2) is 15.6. The highest BCUT2D eigenvalue weighted by Gasteiger charge is 2.27. The number of unbranched alkanes of at least 4 members (excludes halogenated alkanes) is 4. The van der Waals surface area contributed by atoms with Gasteiger partial charge in [-0.1, -0.05) is 53.4 Å². The molecule has 0 aliphatic rings. The van der Waals surface area contributed by atoms with Crippen molar-refractivity contribution in [2.45, 2.75) is 84.5 Å². The summed E-state index contributed by atoms with van der Waals surface area (Å²) in [5.41, 5.74) is 0. The van der Waals surface area contributed by atoms with Crippen molar-refractivity contribution < 1.29 is 29.4 Å². The predicted molar refractivity (Wildman–Crippen MR) is 113 cm³/mol. The molecule has 0 saturated heterocycles. The fourth-order valence-corrected chi connectivity index (χ4v) is 3.03. The van der Waals surface area contributed by atoms with Gasteiger partial charge in [-0.3, -0.25) is 15.4 Å². The van der Waals surface area contributed by atoms with E-state index in [9.17, 15) is 19.2 Å². The van der Waals surface area contributed by atoms with Gasteiger partial charge in [-0.25, -0.2) is 9.59 Å². The monoisotopic (exact) mass is 430 g/mol. The van der Waals surface area contributed by atoms with E-state index in [0.717, 1.165) is 44.9 Å². The second-order valence-electron chi connectivity index (χ2n) is 8.10. The van der Waals surface area contributed by atoms with Crippen molar-refractivity contribution >= 4 is 24.4 Å². The average Bonchev–Trinajstić information content (AvgIpc) is 2.62. The van der Waals surface area contributed by atoms with Crippen LogP contribution in [0.4, 0.5) is 9.59 Å². The van der Waals surface area contributed by atoms with Gasteiger partial charge < -0.3 is 25.6 Å². The molecule has 3 amide bonds. The van der Waals surface area contributed by atoms with Crippen LogP contribution in [0.15, 0.2) is 0 Å². The number of carbonyl (C=O) groups is 4. The fraction of sp³-hybridized carbons (Fsp3) is 0.800. The molecular formula is C20H38N4O6. The lowest BCUT2D eigenvalue weighted by Crippen LogP contribution is -2.56. The van der Waals surface area contributed by atoms with E-state index in [1.165, 1.54) is 0 Å². The number of imide groups is 1. The third-order valence-corrected chi connectivity index (χ3v) is 4.77. The lowest BCUT2D eigenvalue weighted by molar-refractivity contribution is -0.123. The van der Waals surface area contributed by atoms with E-state index in [0.29, 0.717) is 6.42 Å². The normalized spacial score (nSPS) is 14.2. The maximum atomic E-state index is 12.0. The number of nitrogens with one attached hydrogen (secondary N) is 4. The predicted octanol–water partition coefficient (Wildman–Crippen LogP) is 2.14. The van der Waals surface area contributed by atoms with Gasteiger partial charge in [0.1, 0.15) is 6.29 Å². The van der Waals surface area contributed by atoms with Gasteiger partial charge in [0.05, 0.1) is 18.2 Å². The molecule has 3 atom stereocenters. The quantitative estimate of drug-likeness (QED) is 0.123. The minimum absolute atomic E-state index is 0.119. The van der Waals surface area contributed by atoms with Crippen LogP contribution in [0.3, 0.4) is 0 Å². The zero-order valence-corrected chi connectivity index (χ0v) is 18.4. The Hall–Kier alpha value is -2.20. The van der Waals surface area contributed by atoms with Crippen molar-refractivity contribution in [1.29, 1.82) is 0 Å². The van der Waals surface area contributed by atoms with Crippen molar-refractivity contribution in [3.8, 4) is 0 Å². The first-order valence-electron chi connectivity index (χ1n) is 10.6. The first-order chi connectivity index (χ1) is 14.1. The highest BCUT2D eigenvalue weighted by molar-refractivity contribution is 5.94. The van der Waals surface area contributed by atoms with E-state index >= 15 is 0 Å². The van der Waals surface area contributed by atoms with Crippen molar-refractivity contribution in [3.05, 3.63) is 0 Å². The van der Waals surface area contributed by atoms with Crippen LogP contribution < -0.4 is 21.3 Å². The summed E-state index contributed by atoms with van der Waals surface area (Å²) in [6.07, 6.45) is 2.68. The molecule has 30 heavy (non-hydrogen) atoms. The standard InChI is InChI=1S/C20H38N4O6/c1-13(2)15(12-25)21-11-9-7-5-6-8-10-16(23-19(27)28)22-17(14(3)4)18(26)24-20(29)30/h12-17,21-23H,5-11H2,1-4H3,(H,24,26)(H,27,28)(H,29,30). The molecule has 0 rings (SSSR count). The zero-order chi connectivity index (χ0) is 23.1. The molecule has 0 aliphatic carbocycles. The second-order valence-corrected chi connectivity index (χ2v) is 8.10. The molecule has 0 heterocycles. The molecule has 174 valence electrons. The Morgan fingerprint density at radius 1 is 0.867 bits per heavy atom. The molecule has 0 aromatic rings. The zero-order valence-electron chi connectivity index (χ0n) is 18.4. The van der Waals surface area contributed by atoms with Crippen LogP contribution in [-0.4, -0.2) is 59.4 Å². The lowest BCUT2D eigenvalue weighted by Gasteiger charge is -2.27. The molecule has 0 bridgehead atoms. The molecule has 0 radical (unpaired) electrons. The van der Waals surface area contributed by atoms with Crippen molar-refractivity contribution in [3.63, 3.8) is 0 Å². The van der Waals surface area contributed by atoms with Gasteiger partial charge in [0.25, 0.3) is 0 Å². The number of carbonyl (C=O) groups excluding carboxylic acids is 2. The van der Waals surface area contributed by atoms with Gasteiger partial charge >= 0.3 is 12.2 Å². The minimum atomic E-state index is -1.45. The molecule has 0 aliphatic heterocycles. The summed E-state index contributed by atoms with van der Waals surface area (Å²) in [6, 6.07) is -0.957. The number of carboxylic acid groups (broad SMARTS) is 2. The van der Waals surface area contributed by atoms with Crippen LogP contribution in [0, 0.1) is 11.8 Å². The fourth-order valence-electron chi connectivity index (χ4n) is 3.03. The summed E-state index contributed by atoms with van der Waals surface area (Å²) in [6.45, 7) is 8.27. The van der Waals surface area contributed by atoms with Crippen LogP contribution >= 0.6 is 0 Å². The number of rotatable bonds is 16. The third kappa shape index (κ3) is 13.1. The molecule has 3 unspecified atom stereocenters. The number of hydrogen-bond acceptors (Lipinski definition) is 6. The lowest BCUT2D eigenvalue weighted by atomic mass is 10.0. The van der Waals surface area contributed by atoms with Crippen LogP contribution in [0.1, 0.15) is 66.2 Å².